The average Bonchev–Trinajstić information content (AvgIpc) is 3.07. The molecule has 0 N–H and O–H groups in total. The zero-order valence-electron chi connectivity index (χ0n) is 16.5. The molecule has 1 aliphatic heterocycles. The molecule has 3 amide bonds. The highest BCUT2D eigenvalue weighted by molar-refractivity contribution is 6.22. The van der Waals surface area contributed by atoms with Crippen molar-refractivity contribution >= 4 is 29.2 Å². The number of hydrogen-bond donors (Lipinski definition) is 0. The molecule has 1 aliphatic rings. The van der Waals surface area contributed by atoms with E-state index in [4.69, 9.17) is 0 Å². The van der Waals surface area contributed by atoms with Crippen LogP contribution in [0.25, 0.3) is 0 Å². The molecule has 0 bridgehead atoms. The molecular weight excluding hydrogens is 414 g/mol. The maximum atomic E-state index is 13.4. The Morgan fingerprint density at radius 1 is 0.812 bits per heavy atom. The van der Waals surface area contributed by atoms with Crippen molar-refractivity contribution in [2.24, 2.45) is 0 Å². The lowest BCUT2D eigenvalue weighted by atomic mass is 10.1. The van der Waals surface area contributed by atoms with Crippen molar-refractivity contribution in [1.29, 1.82) is 0 Å². The van der Waals surface area contributed by atoms with Crippen LogP contribution in [-0.4, -0.2) is 45.0 Å². The SMILES string of the molecule is O=C(CN(C(=O)c1ccccc1[N+](=O)[O-])N1C(=O)c2ccccc2C1=O)c1ccccc1. The van der Waals surface area contributed by atoms with Crippen molar-refractivity contribution in [2.75, 3.05) is 6.54 Å². The summed E-state index contributed by atoms with van der Waals surface area (Å²) >= 11 is 0. The number of carbonyl (C=O) groups excluding carboxylic acids is 4. The molecule has 0 radical (unpaired) electrons. The van der Waals surface area contributed by atoms with Crippen molar-refractivity contribution in [3.05, 3.63) is 111 Å². The number of benzene rings is 3. The van der Waals surface area contributed by atoms with Gasteiger partial charge in [-0.2, -0.15) is 5.01 Å². The van der Waals surface area contributed by atoms with E-state index in [0.29, 0.717) is 10.0 Å². The molecule has 0 unspecified atom stereocenters. The van der Waals surface area contributed by atoms with Crippen LogP contribution in [0.1, 0.15) is 41.4 Å². The van der Waals surface area contributed by atoms with Gasteiger partial charge in [-0.15, -0.1) is 0 Å². The lowest BCUT2D eigenvalue weighted by molar-refractivity contribution is -0.385. The van der Waals surface area contributed by atoms with Crippen LogP contribution in [0.4, 0.5) is 5.69 Å². The second kappa shape index (κ2) is 8.23. The van der Waals surface area contributed by atoms with Crippen molar-refractivity contribution < 1.29 is 24.1 Å². The van der Waals surface area contributed by atoms with E-state index in [2.05, 4.69) is 0 Å². The van der Waals surface area contributed by atoms with Gasteiger partial charge in [-0.05, 0) is 18.2 Å². The van der Waals surface area contributed by atoms with E-state index in [0.717, 1.165) is 6.07 Å². The monoisotopic (exact) mass is 429 g/mol. The quantitative estimate of drug-likeness (QED) is 0.257. The number of fused-ring (bicyclic) bond motifs is 1. The van der Waals surface area contributed by atoms with Crippen LogP contribution in [0.2, 0.25) is 0 Å². The van der Waals surface area contributed by atoms with Crippen LogP contribution >= 0.6 is 0 Å². The number of Topliss-reactive ketones (excluding diaryl/α,β-unsaturated/α-hetero) is 1. The first-order chi connectivity index (χ1) is 15.4. The summed E-state index contributed by atoms with van der Waals surface area (Å²) in [6.45, 7) is -0.666. The van der Waals surface area contributed by atoms with Crippen LogP contribution in [-0.2, 0) is 0 Å². The Labute approximate surface area is 181 Å². The predicted molar refractivity (Wildman–Crippen MR) is 112 cm³/mol. The zero-order chi connectivity index (χ0) is 22.8. The number of nitro groups is 1. The summed E-state index contributed by atoms with van der Waals surface area (Å²) in [5.74, 6) is -3.15. The highest BCUT2D eigenvalue weighted by Gasteiger charge is 2.43. The highest BCUT2D eigenvalue weighted by atomic mass is 16.6. The molecule has 3 aromatic carbocycles. The third-order valence-corrected chi connectivity index (χ3v) is 4.97. The molecule has 3 aromatic rings. The summed E-state index contributed by atoms with van der Waals surface area (Å²) < 4.78 is 0. The summed E-state index contributed by atoms with van der Waals surface area (Å²) in [6.07, 6.45) is 0. The average molecular weight is 429 g/mol. The molecule has 1 heterocycles. The number of hydrogen-bond acceptors (Lipinski definition) is 6. The Morgan fingerprint density at radius 2 is 1.34 bits per heavy atom. The van der Waals surface area contributed by atoms with Gasteiger partial charge in [-0.3, -0.25) is 29.3 Å². The molecule has 9 heteroatoms. The zero-order valence-corrected chi connectivity index (χ0v) is 16.5. The normalized spacial score (nSPS) is 12.4. The first kappa shape index (κ1) is 20.6. The predicted octanol–water partition coefficient (Wildman–Crippen LogP) is 3.13. The van der Waals surface area contributed by atoms with Gasteiger partial charge in [0.15, 0.2) is 5.78 Å². The number of nitrogens with zero attached hydrogens (tertiary/aromatic N) is 3. The fraction of sp³-hybridized carbons (Fsp3) is 0.0435. The molecule has 0 saturated carbocycles. The Balaban J connectivity index is 1.79. The minimum Gasteiger partial charge on any atom is -0.292 e. The summed E-state index contributed by atoms with van der Waals surface area (Å²) in [6, 6.07) is 19.2. The number of imide groups is 1. The smallest absolute Gasteiger partial charge is 0.282 e. The van der Waals surface area contributed by atoms with Crippen molar-refractivity contribution in [2.45, 2.75) is 0 Å². The van der Waals surface area contributed by atoms with Gasteiger partial charge >= 0.3 is 0 Å². The van der Waals surface area contributed by atoms with Crippen LogP contribution < -0.4 is 0 Å². The summed E-state index contributed by atoms with van der Waals surface area (Å²) in [5.41, 5.74) is -0.458. The number of hydrazine groups is 1. The second-order valence-corrected chi connectivity index (χ2v) is 6.89. The maximum Gasteiger partial charge on any atom is 0.282 e. The molecule has 0 saturated heterocycles. The first-order valence-corrected chi connectivity index (χ1v) is 9.51. The van der Waals surface area contributed by atoms with Crippen LogP contribution in [0.3, 0.4) is 0 Å². The molecule has 158 valence electrons. The third kappa shape index (κ3) is 3.52. The maximum absolute atomic E-state index is 13.4. The van der Waals surface area contributed by atoms with Gasteiger partial charge in [-0.25, -0.2) is 5.01 Å². The molecule has 32 heavy (non-hydrogen) atoms. The Hall–Kier alpha value is -4.66. The van der Waals surface area contributed by atoms with E-state index in [9.17, 15) is 29.3 Å². The number of carbonyl (C=O) groups is 4. The van der Waals surface area contributed by atoms with Gasteiger partial charge in [0.1, 0.15) is 12.1 Å². The van der Waals surface area contributed by atoms with Gasteiger partial charge in [0.25, 0.3) is 23.4 Å². The Morgan fingerprint density at radius 3 is 1.94 bits per heavy atom. The number of rotatable bonds is 6. The Bertz CT molecular complexity index is 1240. The molecular formula is C23H15N3O6. The molecule has 4 rings (SSSR count). The van der Waals surface area contributed by atoms with E-state index in [-0.39, 0.29) is 22.3 Å². The Kier molecular flexibility index (Phi) is 5.30. The van der Waals surface area contributed by atoms with Crippen molar-refractivity contribution in [3.63, 3.8) is 0 Å². The minimum absolute atomic E-state index is 0.0741. The van der Waals surface area contributed by atoms with E-state index < -0.39 is 40.7 Å². The van der Waals surface area contributed by atoms with Crippen LogP contribution in [0, 0.1) is 10.1 Å². The van der Waals surface area contributed by atoms with Gasteiger partial charge in [0.05, 0.1) is 16.1 Å². The molecule has 0 aromatic heterocycles. The van der Waals surface area contributed by atoms with Gasteiger partial charge in [-0.1, -0.05) is 54.6 Å². The van der Waals surface area contributed by atoms with Gasteiger partial charge in [0.2, 0.25) is 0 Å². The van der Waals surface area contributed by atoms with Crippen molar-refractivity contribution in [1.82, 2.24) is 10.0 Å². The van der Waals surface area contributed by atoms with Gasteiger partial charge in [0, 0.05) is 11.6 Å². The summed E-state index contributed by atoms with van der Waals surface area (Å²) in [5, 5.41) is 12.7. The van der Waals surface area contributed by atoms with E-state index in [1.807, 2.05) is 0 Å². The standard InChI is InChI=1S/C23H15N3O6/c27-20(15-8-2-1-3-9-15)14-24(21(28)18-12-6-7-13-19(18)26(31)32)25-22(29)16-10-4-5-11-17(16)23(25)30/h1-13H,14H2. The fourth-order valence-corrected chi connectivity index (χ4v) is 3.43. The highest BCUT2D eigenvalue weighted by Crippen LogP contribution is 2.27. The second-order valence-electron chi connectivity index (χ2n) is 6.89. The van der Waals surface area contributed by atoms with Gasteiger partial charge < -0.3 is 0 Å². The number of nitro benzene ring substituents is 1. The van der Waals surface area contributed by atoms with E-state index in [1.165, 1.54) is 42.5 Å². The lowest BCUT2D eigenvalue weighted by Crippen LogP contribution is -2.51. The molecule has 0 aliphatic carbocycles. The molecule has 9 nitrogen and oxygen atoms in total. The first-order valence-electron chi connectivity index (χ1n) is 9.51. The van der Waals surface area contributed by atoms with Crippen LogP contribution in [0.15, 0.2) is 78.9 Å². The lowest BCUT2D eigenvalue weighted by Gasteiger charge is -2.29. The fourth-order valence-electron chi connectivity index (χ4n) is 3.43. The van der Waals surface area contributed by atoms with Crippen LogP contribution in [0.5, 0.6) is 0 Å². The number of para-hydroxylation sites is 1. The topological polar surface area (TPSA) is 118 Å². The molecule has 0 spiro atoms. The minimum atomic E-state index is -1.02. The largest absolute Gasteiger partial charge is 0.292 e. The third-order valence-electron chi connectivity index (χ3n) is 4.97. The van der Waals surface area contributed by atoms with E-state index in [1.54, 1.807) is 30.3 Å². The summed E-state index contributed by atoms with van der Waals surface area (Å²) in [7, 11) is 0. The number of amides is 3. The van der Waals surface area contributed by atoms with E-state index >= 15 is 0 Å². The molecule has 0 atom stereocenters. The molecule has 0 fully saturated rings. The summed E-state index contributed by atoms with van der Waals surface area (Å²) in [4.78, 5) is 62.9. The van der Waals surface area contributed by atoms with Crippen molar-refractivity contribution in [3.8, 4) is 0 Å². The number of ketones is 1.